The number of aliphatic hydroxyl groups is 1. The van der Waals surface area contributed by atoms with Crippen LogP contribution in [-0.4, -0.2) is 38.5 Å². The van der Waals surface area contributed by atoms with Crippen LogP contribution in [0, 0.1) is 0 Å². The van der Waals surface area contributed by atoms with Crippen molar-refractivity contribution in [2.24, 2.45) is 0 Å². The molecule has 0 saturated carbocycles. The van der Waals surface area contributed by atoms with Gasteiger partial charge in [-0.2, -0.15) is 0 Å². The molecule has 0 aliphatic carbocycles. The first-order valence-corrected chi connectivity index (χ1v) is 8.30. The van der Waals surface area contributed by atoms with Crippen LogP contribution in [-0.2, 0) is 4.74 Å². The topological polar surface area (TPSA) is 74.2 Å². The van der Waals surface area contributed by atoms with Gasteiger partial charge in [-0.15, -0.1) is 0 Å². The zero-order valence-electron chi connectivity index (χ0n) is 14.8. The maximum atomic E-state index is 12.3. The predicted octanol–water partition coefficient (Wildman–Crippen LogP) is 3.26. The number of esters is 1. The minimum atomic E-state index is -0.755. The first kappa shape index (κ1) is 18.4. The van der Waals surface area contributed by atoms with E-state index in [0.29, 0.717) is 29.0 Å². The third kappa shape index (κ3) is 3.43. The van der Waals surface area contributed by atoms with E-state index in [2.05, 4.69) is 6.92 Å². The molecule has 0 radical (unpaired) electrons. The molecule has 2 atom stereocenters. The molecule has 0 saturated heterocycles. The molecular formula is C18H26O6. The Bertz CT molecular complexity index is 583. The largest absolute Gasteiger partial charge is 0.493 e. The third-order valence-corrected chi connectivity index (χ3v) is 4.31. The van der Waals surface area contributed by atoms with Crippen molar-refractivity contribution in [2.75, 3.05) is 21.3 Å². The molecule has 2 rings (SSSR count). The average molecular weight is 338 g/mol. The van der Waals surface area contributed by atoms with Crippen molar-refractivity contribution in [2.45, 2.75) is 51.2 Å². The molecule has 6 heteroatoms. The van der Waals surface area contributed by atoms with Crippen molar-refractivity contribution in [3.05, 3.63) is 17.2 Å². The van der Waals surface area contributed by atoms with Crippen molar-refractivity contribution < 1.29 is 28.8 Å². The SMILES string of the molecule is CCCCCC[C@@H](O)[C@@H]1OC(=O)c2c1cc(OC)c(OC)c2OC. The first-order chi connectivity index (χ1) is 11.6. The van der Waals surface area contributed by atoms with Crippen molar-refractivity contribution in [1.82, 2.24) is 0 Å². The van der Waals surface area contributed by atoms with Gasteiger partial charge in [-0.1, -0.05) is 32.6 Å². The van der Waals surface area contributed by atoms with E-state index in [1.165, 1.54) is 21.3 Å². The van der Waals surface area contributed by atoms with Crippen LogP contribution in [0.25, 0.3) is 0 Å². The van der Waals surface area contributed by atoms with Gasteiger partial charge in [-0.25, -0.2) is 4.79 Å². The summed E-state index contributed by atoms with van der Waals surface area (Å²) in [6.07, 6.45) is 3.32. The summed E-state index contributed by atoms with van der Waals surface area (Å²) in [4.78, 5) is 12.3. The highest BCUT2D eigenvalue weighted by Gasteiger charge is 2.40. The number of cyclic esters (lactones) is 1. The van der Waals surface area contributed by atoms with Gasteiger partial charge in [0.1, 0.15) is 5.56 Å². The molecule has 134 valence electrons. The summed E-state index contributed by atoms with van der Waals surface area (Å²) in [5.41, 5.74) is 0.880. The molecule has 1 N–H and O–H groups in total. The second-order valence-electron chi connectivity index (χ2n) is 5.85. The Hall–Kier alpha value is -1.95. The van der Waals surface area contributed by atoms with Crippen molar-refractivity contribution >= 4 is 5.97 Å². The fraction of sp³-hybridized carbons (Fsp3) is 0.611. The van der Waals surface area contributed by atoms with Gasteiger partial charge in [0.25, 0.3) is 0 Å². The summed E-state index contributed by atoms with van der Waals surface area (Å²) in [5, 5.41) is 10.5. The van der Waals surface area contributed by atoms with E-state index in [1.54, 1.807) is 6.07 Å². The van der Waals surface area contributed by atoms with Gasteiger partial charge in [0.2, 0.25) is 5.75 Å². The van der Waals surface area contributed by atoms with E-state index in [9.17, 15) is 9.90 Å². The van der Waals surface area contributed by atoms with E-state index >= 15 is 0 Å². The quantitative estimate of drug-likeness (QED) is 0.550. The average Bonchev–Trinajstić information content (AvgIpc) is 2.93. The van der Waals surface area contributed by atoms with E-state index in [1.807, 2.05) is 0 Å². The zero-order chi connectivity index (χ0) is 17.7. The number of rotatable bonds is 9. The lowest BCUT2D eigenvalue weighted by Gasteiger charge is -2.19. The maximum absolute atomic E-state index is 12.3. The molecule has 0 bridgehead atoms. The van der Waals surface area contributed by atoms with Crippen LogP contribution in [0.15, 0.2) is 6.07 Å². The molecule has 0 unspecified atom stereocenters. The maximum Gasteiger partial charge on any atom is 0.343 e. The number of fused-ring (bicyclic) bond motifs is 1. The molecule has 0 aromatic heterocycles. The first-order valence-electron chi connectivity index (χ1n) is 8.30. The number of benzene rings is 1. The molecule has 0 spiro atoms. The van der Waals surface area contributed by atoms with Crippen LogP contribution in [0.2, 0.25) is 0 Å². The van der Waals surface area contributed by atoms with Crippen molar-refractivity contribution in [3.8, 4) is 17.2 Å². The number of hydrogen-bond donors (Lipinski definition) is 1. The molecule has 0 amide bonds. The zero-order valence-corrected chi connectivity index (χ0v) is 14.8. The van der Waals surface area contributed by atoms with Gasteiger partial charge in [-0.3, -0.25) is 0 Å². The Balaban J connectivity index is 2.31. The van der Waals surface area contributed by atoms with E-state index in [4.69, 9.17) is 18.9 Å². The lowest BCUT2D eigenvalue weighted by molar-refractivity contribution is -0.0129. The fourth-order valence-corrected chi connectivity index (χ4v) is 3.07. The van der Waals surface area contributed by atoms with E-state index < -0.39 is 18.2 Å². The minimum absolute atomic E-state index is 0.275. The number of carbonyl (C=O) groups is 1. The summed E-state index contributed by atoms with van der Waals surface area (Å²) in [5.74, 6) is 0.543. The van der Waals surface area contributed by atoms with E-state index in [0.717, 1.165) is 25.7 Å². The summed E-state index contributed by atoms with van der Waals surface area (Å²) >= 11 is 0. The Morgan fingerprint density at radius 2 is 1.83 bits per heavy atom. The number of hydrogen-bond acceptors (Lipinski definition) is 6. The number of aliphatic hydroxyl groups excluding tert-OH is 1. The summed E-state index contributed by atoms with van der Waals surface area (Å²) < 4.78 is 21.4. The molecular weight excluding hydrogens is 312 g/mol. The number of unbranched alkanes of at least 4 members (excludes halogenated alkanes) is 3. The van der Waals surface area contributed by atoms with Gasteiger partial charge in [-0.05, 0) is 12.5 Å². The van der Waals surface area contributed by atoms with Crippen LogP contribution >= 0.6 is 0 Å². The van der Waals surface area contributed by atoms with Gasteiger partial charge < -0.3 is 24.1 Å². The van der Waals surface area contributed by atoms with Crippen LogP contribution in [0.4, 0.5) is 0 Å². The fourth-order valence-electron chi connectivity index (χ4n) is 3.07. The molecule has 6 nitrogen and oxygen atoms in total. The molecule has 1 heterocycles. The highest BCUT2D eigenvalue weighted by atomic mass is 16.6. The summed E-state index contributed by atoms with van der Waals surface area (Å²) in [6.45, 7) is 2.14. The number of carbonyl (C=O) groups excluding carboxylic acids is 1. The second kappa shape index (κ2) is 8.24. The molecule has 1 aliphatic heterocycles. The standard InChI is InChI=1S/C18H26O6/c1-5-6-7-8-9-12(19)15-11-10-13(21-2)16(22-3)17(23-4)14(11)18(20)24-15/h10,12,15,19H,5-9H2,1-4H3/t12-,15-/m1/s1. The van der Waals surface area contributed by atoms with Gasteiger partial charge in [0.05, 0.1) is 27.4 Å². The number of methoxy groups -OCH3 is 3. The molecule has 1 aromatic carbocycles. The second-order valence-corrected chi connectivity index (χ2v) is 5.85. The summed E-state index contributed by atoms with van der Waals surface area (Å²) in [6, 6.07) is 1.68. The Labute approximate surface area is 142 Å². The van der Waals surface area contributed by atoms with Crippen molar-refractivity contribution in [1.29, 1.82) is 0 Å². The molecule has 1 aliphatic rings. The minimum Gasteiger partial charge on any atom is -0.493 e. The highest BCUT2D eigenvalue weighted by molar-refractivity contribution is 5.98. The van der Waals surface area contributed by atoms with Gasteiger partial charge in [0.15, 0.2) is 17.6 Å². The van der Waals surface area contributed by atoms with Crippen LogP contribution in [0.1, 0.15) is 61.1 Å². The Morgan fingerprint density at radius 1 is 1.12 bits per heavy atom. The Kier molecular flexibility index (Phi) is 6.31. The van der Waals surface area contributed by atoms with Crippen LogP contribution in [0.3, 0.4) is 0 Å². The van der Waals surface area contributed by atoms with Gasteiger partial charge in [0, 0.05) is 5.56 Å². The predicted molar refractivity (Wildman–Crippen MR) is 89.0 cm³/mol. The van der Waals surface area contributed by atoms with E-state index in [-0.39, 0.29) is 5.75 Å². The monoisotopic (exact) mass is 338 g/mol. The Morgan fingerprint density at radius 3 is 2.42 bits per heavy atom. The third-order valence-electron chi connectivity index (χ3n) is 4.31. The molecule has 24 heavy (non-hydrogen) atoms. The summed E-state index contributed by atoms with van der Waals surface area (Å²) in [7, 11) is 4.45. The van der Waals surface area contributed by atoms with Crippen LogP contribution in [0.5, 0.6) is 17.2 Å². The highest BCUT2D eigenvalue weighted by Crippen LogP contribution is 2.48. The lowest BCUT2D eigenvalue weighted by atomic mass is 9.96. The number of ether oxygens (including phenoxy) is 4. The molecule has 1 aromatic rings. The molecule has 0 fully saturated rings. The van der Waals surface area contributed by atoms with Gasteiger partial charge >= 0.3 is 5.97 Å². The normalized spacial score (nSPS) is 17.2. The smallest absolute Gasteiger partial charge is 0.343 e. The van der Waals surface area contributed by atoms with Crippen LogP contribution < -0.4 is 14.2 Å². The lowest BCUT2D eigenvalue weighted by Crippen LogP contribution is -2.18. The van der Waals surface area contributed by atoms with Crippen molar-refractivity contribution in [3.63, 3.8) is 0 Å².